The molecule has 0 bridgehead atoms. The Bertz CT molecular complexity index is 332. The van der Waals surface area contributed by atoms with Gasteiger partial charge in [-0.1, -0.05) is 11.6 Å². The number of hydrogen-bond donors (Lipinski definition) is 2. The molecule has 1 heterocycles. The second-order valence-corrected chi connectivity index (χ2v) is 2.87. The molecule has 1 aromatic rings. The maximum Gasteiger partial charge on any atom is 0.233 e. The van der Waals surface area contributed by atoms with Gasteiger partial charge in [0.15, 0.2) is 5.11 Å². The molecule has 1 aromatic heterocycles. The van der Waals surface area contributed by atoms with E-state index in [2.05, 4.69) is 27.5 Å². The van der Waals surface area contributed by atoms with Gasteiger partial charge < -0.3 is 15.8 Å². The first-order valence-corrected chi connectivity index (χ1v) is 4.05. The summed E-state index contributed by atoms with van der Waals surface area (Å²) in [5.41, 5.74) is 5.22. The monoisotopic (exact) mass is 218 g/mol. The summed E-state index contributed by atoms with van der Waals surface area (Å²) in [5.74, 6) is 0.565. The first-order valence-electron chi connectivity index (χ1n) is 3.27. The molecule has 70 valence electrons. The van der Waals surface area contributed by atoms with Crippen LogP contribution in [0.2, 0.25) is 5.15 Å². The minimum atomic E-state index is 0.0734. The van der Waals surface area contributed by atoms with Crippen molar-refractivity contribution in [1.29, 1.82) is 0 Å². The average Bonchev–Trinajstić information content (AvgIpc) is 2.01. The van der Waals surface area contributed by atoms with Gasteiger partial charge in [-0.3, -0.25) is 0 Å². The van der Waals surface area contributed by atoms with E-state index >= 15 is 0 Å². The average molecular weight is 219 g/mol. The zero-order valence-electron chi connectivity index (χ0n) is 6.74. The number of nitrogens with two attached hydrogens (primary N) is 1. The summed E-state index contributed by atoms with van der Waals surface area (Å²) in [6, 6.07) is 1.48. The number of anilines is 1. The highest BCUT2D eigenvalue weighted by Crippen LogP contribution is 2.15. The van der Waals surface area contributed by atoms with Crippen molar-refractivity contribution in [2.75, 3.05) is 12.4 Å². The van der Waals surface area contributed by atoms with E-state index in [0.29, 0.717) is 5.88 Å². The van der Waals surface area contributed by atoms with E-state index in [1.807, 2.05) is 0 Å². The van der Waals surface area contributed by atoms with Crippen molar-refractivity contribution in [3.8, 4) is 5.88 Å². The molecule has 7 heteroatoms. The Morgan fingerprint density at radius 2 is 2.38 bits per heavy atom. The number of thiocarbonyl (C=S) groups is 1. The number of nitrogens with one attached hydrogen (secondary N) is 1. The van der Waals surface area contributed by atoms with Crippen LogP contribution in [0.25, 0.3) is 0 Å². The Balaban J connectivity index is 2.94. The van der Waals surface area contributed by atoms with Crippen LogP contribution >= 0.6 is 23.8 Å². The van der Waals surface area contributed by atoms with Crippen LogP contribution in [0, 0.1) is 0 Å². The van der Waals surface area contributed by atoms with E-state index in [9.17, 15) is 0 Å². The van der Waals surface area contributed by atoms with E-state index in [4.69, 9.17) is 22.1 Å². The minimum absolute atomic E-state index is 0.0734. The minimum Gasteiger partial charge on any atom is -0.481 e. The Morgan fingerprint density at radius 1 is 1.69 bits per heavy atom. The van der Waals surface area contributed by atoms with Crippen LogP contribution in [0.15, 0.2) is 6.07 Å². The molecule has 0 aromatic carbocycles. The van der Waals surface area contributed by atoms with Gasteiger partial charge in [-0.15, -0.1) is 0 Å². The second kappa shape index (κ2) is 4.20. The predicted octanol–water partition coefficient (Wildman–Crippen LogP) is 0.794. The quantitative estimate of drug-likeness (QED) is 0.565. The number of methoxy groups -OCH3 is 1. The van der Waals surface area contributed by atoms with E-state index < -0.39 is 0 Å². The molecule has 0 saturated carbocycles. The third-order valence-corrected chi connectivity index (χ3v) is 1.41. The summed E-state index contributed by atoms with van der Waals surface area (Å²) in [7, 11) is 1.48. The van der Waals surface area contributed by atoms with E-state index in [-0.39, 0.29) is 16.2 Å². The maximum atomic E-state index is 5.66. The second-order valence-electron chi connectivity index (χ2n) is 2.05. The Kier molecular flexibility index (Phi) is 3.21. The topological polar surface area (TPSA) is 73.1 Å². The molecule has 1 rings (SSSR count). The largest absolute Gasteiger partial charge is 0.481 e. The van der Waals surface area contributed by atoms with Gasteiger partial charge >= 0.3 is 0 Å². The highest BCUT2D eigenvalue weighted by atomic mass is 35.5. The van der Waals surface area contributed by atoms with Crippen molar-refractivity contribution in [1.82, 2.24) is 9.97 Å². The zero-order valence-corrected chi connectivity index (χ0v) is 8.32. The first kappa shape index (κ1) is 9.94. The molecule has 0 aliphatic heterocycles. The number of hydrogen-bond acceptors (Lipinski definition) is 4. The lowest BCUT2D eigenvalue weighted by atomic mass is 10.6. The molecule has 3 N–H and O–H groups in total. The van der Waals surface area contributed by atoms with Crippen molar-refractivity contribution >= 4 is 34.9 Å². The molecular weight excluding hydrogens is 212 g/mol. The molecule has 0 fully saturated rings. The molecular formula is C6H7ClN4OS. The lowest BCUT2D eigenvalue weighted by Gasteiger charge is -2.04. The lowest BCUT2D eigenvalue weighted by Crippen LogP contribution is -2.20. The van der Waals surface area contributed by atoms with Crippen molar-refractivity contribution in [3.63, 3.8) is 0 Å². The molecule has 0 saturated heterocycles. The highest BCUT2D eigenvalue weighted by Gasteiger charge is 2.02. The van der Waals surface area contributed by atoms with Gasteiger partial charge in [-0.05, 0) is 12.2 Å². The smallest absolute Gasteiger partial charge is 0.233 e. The third-order valence-electron chi connectivity index (χ3n) is 1.12. The summed E-state index contributed by atoms with van der Waals surface area (Å²) < 4.78 is 4.86. The van der Waals surface area contributed by atoms with Crippen molar-refractivity contribution < 1.29 is 4.74 Å². The van der Waals surface area contributed by atoms with Crippen LogP contribution in [0.1, 0.15) is 0 Å². The van der Waals surface area contributed by atoms with Gasteiger partial charge in [0.25, 0.3) is 0 Å². The first-order chi connectivity index (χ1) is 6.11. The molecule has 0 aliphatic rings. The van der Waals surface area contributed by atoms with Gasteiger partial charge in [0.2, 0.25) is 11.8 Å². The third kappa shape index (κ3) is 3.00. The van der Waals surface area contributed by atoms with Crippen LogP contribution in [0.4, 0.5) is 5.95 Å². The fourth-order valence-electron chi connectivity index (χ4n) is 0.668. The Morgan fingerprint density at radius 3 is 2.92 bits per heavy atom. The summed E-state index contributed by atoms with van der Waals surface area (Å²) >= 11 is 10.3. The molecule has 13 heavy (non-hydrogen) atoms. The summed E-state index contributed by atoms with van der Waals surface area (Å²) in [6.45, 7) is 0. The van der Waals surface area contributed by atoms with Gasteiger partial charge in [0.1, 0.15) is 5.15 Å². The van der Waals surface area contributed by atoms with E-state index in [0.717, 1.165) is 0 Å². The summed E-state index contributed by atoms with van der Waals surface area (Å²) in [5, 5.41) is 2.87. The van der Waals surface area contributed by atoms with Gasteiger partial charge in [0.05, 0.1) is 7.11 Å². The maximum absolute atomic E-state index is 5.66. The molecule has 0 unspecified atom stereocenters. The van der Waals surface area contributed by atoms with Crippen LogP contribution in [-0.2, 0) is 0 Å². The molecule has 0 spiro atoms. The van der Waals surface area contributed by atoms with Crippen molar-refractivity contribution in [2.24, 2.45) is 5.73 Å². The van der Waals surface area contributed by atoms with Gasteiger partial charge in [-0.2, -0.15) is 4.98 Å². The number of nitrogens with zero attached hydrogens (tertiary/aromatic N) is 2. The molecule has 0 amide bonds. The van der Waals surface area contributed by atoms with E-state index in [1.165, 1.54) is 13.2 Å². The van der Waals surface area contributed by atoms with Crippen LogP contribution < -0.4 is 15.8 Å². The van der Waals surface area contributed by atoms with Gasteiger partial charge in [-0.25, -0.2) is 4.98 Å². The number of rotatable bonds is 2. The lowest BCUT2D eigenvalue weighted by molar-refractivity contribution is 0.397. The zero-order chi connectivity index (χ0) is 9.84. The molecule has 0 radical (unpaired) electrons. The fraction of sp³-hybridized carbons (Fsp3) is 0.167. The van der Waals surface area contributed by atoms with Crippen LogP contribution in [0.3, 0.4) is 0 Å². The molecule has 0 aliphatic carbocycles. The summed E-state index contributed by atoms with van der Waals surface area (Å²) in [4.78, 5) is 7.71. The summed E-state index contributed by atoms with van der Waals surface area (Å²) in [6.07, 6.45) is 0. The van der Waals surface area contributed by atoms with Crippen molar-refractivity contribution in [2.45, 2.75) is 0 Å². The highest BCUT2D eigenvalue weighted by molar-refractivity contribution is 7.80. The van der Waals surface area contributed by atoms with Crippen LogP contribution in [0.5, 0.6) is 5.88 Å². The van der Waals surface area contributed by atoms with Crippen LogP contribution in [-0.4, -0.2) is 22.2 Å². The standard InChI is InChI=1S/C6H7ClN4OS/c1-12-4-2-3(7)9-6(10-4)11-5(8)13/h2H,1H3,(H3,8,9,10,11,13). The number of halogens is 1. The Hall–Kier alpha value is -1.14. The van der Waals surface area contributed by atoms with Gasteiger partial charge in [0, 0.05) is 6.07 Å². The number of aromatic nitrogens is 2. The van der Waals surface area contributed by atoms with Crippen molar-refractivity contribution in [3.05, 3.63) is 11.2 Å². The molecule has 5 nitrogen and oxygen atoms in total. The predicted molar refractivity (Wildman–Crippen MR) is 54.0 cm³/mol. The number of ether oxygens (including phenoxy) is 1. The Labute approximate surface area is 85.3 Å². The van der Waals surface area contributed by atoms with E-state index in [1.54, 1.807) is 0 Å². The fourth-order valence-corrected chi connectivity index (χ4v) is 0.932. The molecule has 0 atom stereocenters. The SMILES string of the molecule is COc1cc(Cl)nc(NC(N)=S)n1. The normalized spacial score (nSPS) is 9.38.